The Morgan fingerprint density at radius 3 is 2.86 bits per heavy atom. The number of amides is 1. The Labute approximate surface area is 88.5 Å². The number of thiophene rings is 1. The molecule has 76 valence electrons. The summed E-state index contributed by atoms with van der Waals surface area (Å²) in [6.07, 6.45) is 5.93. The third-order valence-corrected chi connectivity index (χ3v) is 3.71. The van der Waals surface area contributed by atoms with Gasteiger partial charge in [-0.2, -0.15) is 0 Å². The SMILES string of the molecule is O=CN(Cc1cccs1)C1CCCC1. The molecule has 1 aliphatic rings. The molecule has 2 rings (SSSR count). The molecule has 14 heavy (non-hydrogen) atoms. The minimum Gasteiger partial charge on any atom is -0.337 e. The highest BCUT2D eigenvalue weighted by atomic mass is 32.1. The van der Waals surface area contributed by atoms with Crippen molar-refractivity contribution in [2.24, 2.45) is 0 Å². The minimum atomic E-state index is 0.495. The smallest absolute Gasteiger partial charge is 0.210 e. The fourth-order valence-electron chi connectivity index (χ4n) is 2.07. The first-order chi connectivity index (χ1) is 6.90. The molecule has 1 aliphatic carbocycles. The second-order valence-corrected chi connectivity index (χ2v) is 4.83. The van der Waals surface area contributed by atoms with Gasteiger partial charge in [-0.1, -0.05) is 18.9 Å². The maximum Gasteiger partial charge on any atom is 0.210 e. The third-order valence-electron chi connectivity index (χ3n) is 2.85. The second kappa shape index (κ2) is 4.60. The van der Waals surface area contributed by atoms with E-state index in [0.717, 1.165) is 13.0 Å². The van der Waals surface area contributed by atoms with Gasteiger partial charge in [0.15, 0.2) is 0 Å². The van der Waals surface area contributed by atoms with Crippen molar-refractivity contribution in [2.75, 3.05) is 0 Å². The number of hydrogen-bond donors (Lipinski definition) is 0. The fraction of sp³-hybridized carbons (Fsp3) is 0.545. The first-order valence-electron chi connectivity index (χ1n) is 5.13. The van der Waals surface area contributed by atoms with Gasteiger partial charge in [0.25, 0.3) is 0 Å². The van der Waals surface area contributed by atoms with Gasteiger partial charge >= 0.3 is 0 Å². The van der Waals surface area contributed by atoms with Gasteiger partial charge in [0.05, 0.1) is 6.54 Å². The molecule has 0 aliphatic heterocycles. The lowest BCUT2D eigenvalue weighted by Gasteiger charge is -2.23. The average Bonchev–Trinajstić information content (AvgIpc) is 2.86. The first kappa shape index (κ1) is 9.71. The van der Waals surface area contributed by atoms with E-state index in [2.05, 4.69) is 11.4 Å². The Morgan fingerprint density at radius 2 is 2.29 bits per heavy atom. The number of rotatable bonds is 4. The van der Waals surface area contributed by atoms with Crippen LogP contribution in [0.1, 0.15) is 30.6 Å². The van der Waals surface area contributed by atoms with Crippen LogP contribution in [-0.4, -0.2) is 17.4 Å². The zero-order valence-electron chi connectivity index (χ0n) is 8.19. The summed E-state index contributed by atoms with van der Waals surface area (Å²) in [6, 6.07) is 4.63. The van der Waals surface area contributed by atoms with Crippen molar-refractivity contribution in [3.63, 3.8) is 0 Å². The molecular formula is C11H15NOS. The Balaban J connectivity index is 1.95. The van der Waals surface area contributed by atoms with Crippen molar-refractivity contribution >= 4 is 17.7 Å². The minimum absolute atomic E-state index is 0.495. The molecule has 0 saturated heterocycles. The van der Waals surface area contributed by atoms with Crippen LogP contribution in [0.4, 0.5) is 0 Å². The summed E-state index contributed by atoms with van der Waals surface area (Å²) >= 11 is 1.72. The van der Waals surface area contributed by atoms with Gasteiger partial charge in [0, 0.05) is 10.9 Å². The molecule has 0 N–H and O–H groups in total. The van der Waals surface area contributed by atoms with Crippen molar-refractivity contribution < 1.29 is 4.79 Å². The molecule has 0 unspecified atom stereocenters. The van der Waals surface area contributed by atoms with Crippen LogP contribution in [0.25, 0.3) is 0 Å². The summed E-state index contributed by atoms with van der Waals surface area (Å²) in [5, 5.41) is 2.06. The summed E-state index contributed by atoms with van der Waals surface area (Å²) < 4.78 is 0. The van der Waals surface area contributed by atoms with Gasteiger partial charge in [-0.15, -0.1) is 11.3 Å². The van der Waals surface area contributed by atoms with E-state index < -0.39 is 0 Å². The molecule has 0 atom stereocenters. The molecule has 0 radical (unpaired) electrons. The van der Waals surface area contributed by atoms with Gasteiger partial charge in [0.1, 0.15) is 0 Å². The molecule has 1 aromatic heterocycles. The monoisotopic (exact) mass is 209 g/mol. The molecule has 1 saturated carbocycles. The normalized spacial score (nSPS) is 17.1. The maximum absolute atomic E-state index is 10.9. The third kappa shape index (κ3) is 2.15. The highest BCUT2D eigenvalue weighted by Gasteiger charge is 2.21. The quantitative estimate of drug-likeness (QED) is 0.698. The summed E-state index contributed by atoms with van der Waals surface area (Å²) in [6.45, 7) is 0.797. The topological polar surface area (TPSA) is 20.3 Å². The van der Waals surface area contributed by atoms with Crippen molar-refractivity contribution in [2.45, 2.75) is 38.3 Å². The lowest BCUT2D eigenvalue weighted by atomic mass is 10.2. The van der Waals surface area contributed by atoms with Gasteiger partial charge in [0.2, 0.25) is 6.41 Å². The van der Waals surface area contributed by atoms with E-state index in [1.165, 1.54) is 30.6 Å². The van der Waals surface area contributed by atoms with Gasteiger partial charge in [-0.05, 0) is 24.3 Å². The molecule has 1 amide bonds. The maximum atomic E-state index is 10.9. The average molecular weight is 209 g/mol. The number of carbonyl (C=O) groups excluding carboxylic acids is 1. The molecule has 2 nitrogen and oxygen atoms in total. The zero-order valence-corrected chi connectivity index (χ0v) is 9.00. The molecule has 1 fully saturated rings. The Kier molecular flexibility index (Phi) is 3.19. The molecule has 0 spiro atoms. The van der Waals surface area contributed by atoms with Crippen LogP contribution in [-0.2, 0) is 11.3 Å². The zero-order chi connectivity index (χ0) is 9.80. The van der Waals surface area contributed by atoms with Gasteiger partial charge < -0.3 is 4.90 Å². The number of nitrogens with zero attached hydrogens (tertiary/aromatic N) is 1. The van der Waals surface area contributed by atoms with Gasteiger partial charge in [-0.3, -0.25) is 4.79 Å². The predicted molar refractivity (Wildman–Crippen MR) is 58.2 cm³/mol. The van der Waals surface area contributed by atoms with Crippen molar-refractivity contribution in [3.05, 3.63) is 22.4 Å². The second-order valence-electron chi connectivity index (χ2n) is 3.80. The van der Waals surface area contributed by atoms with Crippen LogP contribution in [0, 0.1) is 0 Å². The van der Waals surface area contributed by atoms with Crippen molar-refractivity contribution in [1.82, 2.24) is 4.90 Å². The first-order valence-corrected chi connectivity index (χ1v) is 6.01. The standard InChI is InChI=1S/C11H15NOS/c13-9-12(10-4-1-2-5-10)8-11-6-3-7-14-11/h3,6-7,9-10H,1-2,4-5,8H2. The van der Waals surface area contributed by atoms with E-state index in [1.807, 2.05) is 11.0 Å². The molecule has 1 aromatic rings. The molecule has 1 heterocycles. The lowest BCUT2D eigenvalue weighted by molar-refractivity contribution is -0.120. The number of hydrogen-bond acceptors (Lipinski definition) is 2. The van der Waals surface area contributed by atoms with Crippen molar-refractivity contribution in [1.29, 1.82) is 0 Å². The van der Waals surface area contributed by atoms with Crippen LogP contribution in [0.5, 0.6) is 0 Å². The largest absolute Gasteiger partial charge is 0.337 e. The van der Waals surface area contributed by atoms with E-state index in [9.17, 15) is 4.79 Å². The number of carbonyl (C=O) groups is 1. The molecule has 3 heteroatoms. The Bertz CT molecular complexity index is 277. The lowest BCUT2D eigenvalue weighted by Crippen LogP contribution is -2.30. The molecular weight excluding hydrogens is 194 g/mol. The van der Waals surface area contributed by atoms with Crippen LogP contribution in [0.15, 0.2) is 17.5 Å². The highest BCUT2D eigenvalue weighted by Crippen LogP contribution is 2.24. The summed E-state index contributed by atoms with van der Waals surface area (Å²) in [4.78, 5) is 14.2. The van der Waals surface area contributed by atoms with E-state index >= 15 is 0 Å². The molecule has 0 bridgehead atoms. The Morgan fingerprint density at radius 1 is 1.50 bits per heavy atom. The summed E-state index contributed by atoms with van der Waals surface area (Å²) in [5.41, 5.74) is 0. The van der Waals surface area contributed by atoms with Crippen molar-refractivity contribution in [3.8, 4) is 0 Å². The summed E-state index contributed by atoms with van der Waals surface area (Å²) in [7, 11) is 0. The molecule has 0 aromatic carbocycles. The van der Waals surface area contributed by atoms with E-state index in [0.29, 0.717) is 6.04 Å². The summed E-state index contributed by atoms with van der Waals surface area (Å²) in [5.74, 6) is 0. The highest BCUT2D eigenvalue weighted by molar-refractivity contribution is 7.09. The van der Waals surface area contributed by atoms with Crippen LogP contribution in [0.3, 0.4) is 0 Å². The predicted octanol–water partition coefficient (Wildman–Crippen LogP) is 2.65. The van der Waals surface area contributed by atoms with E-state index in [4.69, 9.17) is 0 Å². The van der Waals surface area contributed by atoms with Gasteiger partial charge in [-0.25, -0.2) is 0 Å². The fourth-order valence-corrected chi connectivity index (χ4v) is 2.78. The Hall–Kier alpha value is -0.830. The van der Waals surface area contributed by atoms with E-state index in [1.54, 1.807) is 11.3 Å². The van der Waals surface area contributed by atoms with Crippen LogP contribution < -0.4 is 0 Å². The van der Waals surface area contributed by atoms with Crippen LogP contribution in [0.2, 0.25) is 0 Å². The van der Waals surface area contributed by atoms with E-state index in [-0.39, 0.29) is 0 Å². The van der Waals surface area contributed by atoms with Crippen LogP contribution >= 0.6 is 11.3 Å².